The number of methoxy groups -OCH3 is 1. The van der Waals surface area contributed by atoms with E-state index in [-0.39, 0.29) is 12.0 Å². The Morgan fingerprint density at radius 1 is 1.77 bits per heavy atom. The molecule has 1 atom stereocenters. The number of carbonyl (C=O) groups excluding carboxylic acids is 1. The molecule has 0 spiro atoms. The molecule has 1 aliphatic rings. The van der Waals surface area contributed by atoms with Gasteiger partial charge in [0, 0.05) is 17.8 Å². The predicted octanol–water partition coefficient (Wildman–Crippen LogP) is 0.935. The lowest BCUT2D eigenvalue weighted by atomic mass is 10.1. The van der Waals surface area contributed by atoms with Gasteiger partial charge in [-0.3, -0.25) is 10.1 Å². The monoisotopic (exact) mass is 197 g/mol. The van der Waals surface area contributed by atoms with Crippen LogP contribution in [0.1, 0.15) is 10.4 Å². The standard InChI is InChI=1S/C9H11NO2S/c1-12-9(11)7-4-8-6(5-10-7)2-3-13-8/h2-3,7,10H,4-5H2,1H3. The van der Waals surface area contributed by atoms with E-state index in [2.05, 4.69) is 21.5 Å². The van der Waals surface area contributed by atoms with Crippen molar-refractivity contribution in [2.24, 2.45) is 0 Å². The van der Waals surface area contributed by atoms with E-state index in [0.717, 1.165) is 13.0 Å². The van der Waals surface area contributed by atoms with Crippen LogP contribution < -0.4 is 5.32 Å². The largest absolute Gasteiger partial charge is 0.468 e. The van der Waals surface area contributed by atoms with Crippen molar-refractivity contribution in [1.82, 2.24) is 5.32 Å². The molecule has 1 aromatic heterocycles. The molecule has 2 heterocycles. The molecule has 1 aromatic rings. The Morgan fingerprint density at radius 2 is 2.62 bits per heavy atom. The molecule has 2 rings (SSSR count). The fourth-order valence-electron chi connectivity index (χ4n) is 1.50. The molecule has 0 saturated carbocycles. The smallest absolute Gasteiger partial charge is 0.323 e. The van der Waals surface area contributed by atoms with Gasteiger partial charge in [0.05, 0.1) is 7.11 Å². The Hall–Kier alpha value is -0.870. The summed E-state index contributed by atoms with van der Waals surface area (Å²) >= 11 is 1.71. The predicted molar refractivity (Wildman–Crippen MR) is 50.7 cm³/mol. The molecule has 70 valence electrons. The topological polar surface area (TPSA) is 38.3 Å². The summed E-state index contributed by atoms with van der Waals surface area (Å²) in [5.41, 5.74) is 1.31. The molecule has 13 heavy (non-hydrogen) atoms. The molecule has 0 saturated heterocycles. The van der Waals surface area contributed by atoms with Crippen molar-refractivity contribution in [2.45, 2.75) is 19.0 Å². The highest BCUT2D eigenvalue weighted by Gasteiger charge is 2.25. The number of hydrogen-bond donors (Lipinski definition) is 1. The van der Waals surface area contributed by atoms with Gasteiger partial charge in [-0.05, 0) is 17.0 Å². The van der Waals surface area contributed by atoms with Gasteiger partial charge in [-0.25, -0.2) is 0 Å². The van der Waals surface area contributed by atoms with E-state index in [9.17, 15) is 4.79 Å². The second-order valence-electron chi connectivity index (χ2n) is 3.03. The van der Waals surface area contributed by atoms with Gasteiger partial charge < -0.3 is 4.74 Å². The van der Waals surface area contributed by atoms with E-state index in [1.54, 1.807) is 11.3 Å². The number of ether oxygens (including phenoxy) is 1. The summed E-state index contributed by atoms with van der Waals surface area (Å²) in [4.78, 5) is 12.5. The number of nitrogens with one attached hydrogen (secondary N) is 1. The Morgan fingerprint density at radius 3 is 3.38 bits per heavy atom. The van der Waals surface area contributed by atoms with Gasteiger partial charge in [0.2, 0.25) is 0 Å². The molecule has 0 fully saturated rings. The number of esters is 1. The van der Waals surface area contributed by atoms with Crippen LogP contribution in [0.25, 0.3) is 0 Å². The van der Waals surface area contributed by atoms with Gasteiger partial charge in [0.1, 0.15) is 6.04 Å². The Kier molecular flexibility index (Phi) is 2.33. The minimum absolute atomic E-state index is 0.156. The minimum atomic E-state index is -0.168. The van der Waals surface area contributed by atoms with Crippen molar-refractivity contribution >= 4 is 17.3 Å². The summed E-state index contributed by atoms with van der Waals surface area (Å²) in [7, 11) is 1.42. The van der Waals surface area contributed by atoms with Crippen LogP contribution in [-0.2, 0) is 22.5 Å². The number of fused-ring (bicyclic) bond motifs is 1. The molecule has 1 unspecified atom stereocenters. The number of carbonyl (C=O) groups is 1. The van der Waals surface area contributed by atoms with Crippen LogP contribution in [0.4, 0.5) is 0 Å². The van der Waals surface area contributed by atoms with Gasteiger partial charge in [-0.1, -0.05) is 0 Å². The van der Waals surface area contributed by atoms with Crippen LogP contribution in [0.15, 0.2) is 11.4 Å². The zero-order valence-corrected chi connectivity index (χ0v) is 8.19. The highest BCUT2D eigenvalue weighted by atomic mass is 32.1. The lowest BCUT2D eigenvalue weighted by Crippen LogP contribution is -2.41. The molecular formula is C9H11NO2S. The summed E-state index contributed by atoms with van der Waals surface area (Å²) in [6.45, 7) is 0.776. The molecule has 0 aromatic carbocycles. The van der Waals surface area contributed by atoms with E-state index >= 15 is 0 Å². The Balaban J connectivity index is 2.13. The SMILES string of the molecule is COC(=O)C1Cc2sccc2CN1. The lowest BCUT2D eigenvalue weighted by Gasteiger charge is -2.21. The second-order valence-corrected chi connectivity index (χ2v) is 4.03. The van der Waals surface area contributed by atoms with E-state index in [0.29, 0.717) is 0 Å². The van der Waals surface area contributed by atoms with Crippen molar-refractivity contribution in [1.29, 1.82) is 0 Å². The van der Waals surface area contributed by atoms with E-state index < -0.39 is 0 Å². The highest BCUT2D eigenvalue weighted by Crippen LogP contribution is 2.22. The third-order valence-electron chi connectivity index (χ3n) is 2.25. The van der Waals surface area contributed by atoms with Gasteiger partial charge >= 0.3 is 5.97 Å². The van der Waals surface area contributed by atoms with Crippen LogP contribution >= 0.6 is 11.3 Å². The highest BCUT2D eigenvalue weighted by molar-refractivity contribution is 7.10. The van der Waals surface area contributed by atoms with Crippen LogP contribution in [0.2, 0.25) is 0 Å². The van der Waals surface area contributed by atoms with Crippen molar-refractivity contribution in [3.05, 3.63) is 21.9 Å². The lowest BCUT2D eigenvalue weighted by molar-refractivity contribution is -0.143. The molecule has 0 radical (unpaired) electrons. The van der Waals surface area contributed by atoms with E-state index in [1.165, 1.54) is 17.6 Å². The van der Waals surface area contributed by atoms with Crippen LogP contribution in [0.3, 0.4) is 0 Å². The Labute approximate surface area is 80.7 Å². The van der Waals surface area contributed by atoms with Gasteiger partial charge in [-0.15, -0.1) is 11.3 Å². The molecule has 1 N–H and O–H groups in total. The average molecular weight is 197 g/mol. The molecule has 0 aliphatic carbocycles. The maximum atomic E-state index is 11.2. The van der Waals surface area contributed by atoms with Crippen LogP contribution in [0.5, 0.6) is 0 Å². The maximum Gasteiger partial charge on any atom is 0.323 e. The molecule has 4 heteroatoms. The van der Waals surface area contributed by atoms with Crippen molar-refractivity contribution in [2.75, 3.05) is 7.11 Å². The molecule has 3 nitrogen and oxygen atoms in total. The normalized spacial score (nSPS) is 20.8. The first kappa shape index (κ1) is 8.72. The summed E-state index contributed by atoms with van der Waals surface area (Å²) < 4.78 is 4.68. The van der Waals surface area contributed by atoms with Crippen molar-refractivity contribution in [3.63, 3.8) is 0 Å². The van der Waals surface area contributed by atoms with E-state index in [4.69, 9.17) is 0 Å². The first-order valence-electron chi connectivity index (χ1n) is 4.17. The van der Waals surface area contributed by atoms with Crippen molar-refractivity contribution in [3.8, 4) is 0 Å². The van der Waals surface area contributed by atoms with E-state index in [1.807, 2.05) is 0 Å². The molecular weight excluding hydrogens is 186 g/mol. The fraction of sp³-hybridized carbons (Fsp3) is 0.444. The quantitative estimate of drug-likeness (QED) is 0.681. The number of thiophene rings is 1. The van der Waals surface area contributed by atoms with Crippen molar-refractivity contribution < 1.29 is 9.53 Å². The summed E-state index contributed by atoms with van der Waals surface area (Å²) in [6, 6.07) is 1.94. The first-order chi connectivity index (χ1) is 6.31. The number of hydrogen-bond acceptors (Lipinski definition) is 4. The van der Waals surface area contributed by atoms with Gasteiger partial charge in [0.25, 0.3) is 0 Å². The number of rotatable bonds is 1. The van der Waals surface area contributed by atoms with Gasteiger partial charge in [-0.2, -0.15) is 0 Å². The fourth-order valence-corrected chi connectivity index (χ4v) is 2.45. The molecule has 0 bridgehead atoms. The zero-order chi connectivity index (χ0) is 9.26. The molecule has 0 amide bonds. The maximum absolute atomic E-state index is 11.2. The van der Waals surface area contributed by atoms with Crippen LogP contribution in [-0.4, -0.2) is 19.1 Å². The zero-order valence-electron chi connectivity index (χ0n) is 7.37. The van der Waals surface area contributed by atoms with Crippen LogP contribution in [0, 0.1) is 0 Å². The summed E-state index contributed by atoms with van der Waals surface area (Å²) in [6.07, 6.45) is 0.764. The second kappa shape index (κ2) is 3.47. The average Bonchev–Trinajstić information content (AvgIpc) is 2.63. The minimum Gasteiger partial charge on any atom is -0.468 e. The third kappa shape index (κ3) is 1.59. The first-order valence-corrected chi connectivity index (χ1v) is 5.05. The van der Waals surface area contributed by atoms with Gasteiger partial charge in [0.15, 0.2) is 0 Å². The summed E-state index contributed by atoms with van der Waals surface area (Å²) in [5, 5.41) is 5.21. The molecule has 1 aliphatic heterocycles. The Bertz CT molecular complexity index is 321. The summed E-state index contributed by atoms with van der Waals surface area (Å²) in [5.74, 6) is -0.168. The third-order valence-corrected chi connectivity index (χ3v) is 3.24.